The van der Waals surface area contributed by atoms with Gasteiger partial charge in [-0.3, -0.25) is 9.69 Å². The van der Waals surface area contributed by atoms with E-state index in [4.69, 9.17) is 32.7 Å². The lowest BCUT2D eigenvalue weighted by atomic mass is 9.96. The van der Waals surface area contributed by atoms with Crippen LogP contribution in [0.25, 0.3) is 0 Å². The van der Waals surface area contributed by atoms with Crippen LogP contribution in [-0.2, 0) is 11.3 Å². The van der Waals surface area contributed by atoms with Crippen LogP contribution in [0.2, 0.25) is 10.0 Å². The van der Waals surface area contributed by atoms with E-state index in [9.17, 15) is 4.79 Å². The van der Waals surface area contributed by atoms with Crippen LogP contribution in [0.1, 0.15) is 18.4 Å². The van der Waals surface area contributed by atoms with E-state index in [1.54, 1.807) is 32.4 Å². The summed E-state index contributed by atoms with van der Waals surface area (Å²) in [4.78, 5) is 15.1. The molecule has 2 aromatic carbocycles. The van der Waals surface area contributed by atoms with E-state index in [2.05, 4.69) is 10.2 Å². The number of carbonyl (C=O) groups excluding carboxylic acids is 1. The third kappa shape index (κ3) is 4.90. The first-order chi connectivity index (χ1) is 13.5. The molecule has 0 bridgehead atoms. The van der Waals surface area contributed by atoms with Gasteiger partial charge in [0.15, 0.2) is 0 Å². The highest BCUT2D eigenvalue weighted by Gasteiger charge is 2.27. The van der Waals surface area contributed by atoms with E-state index >= 15 is 0 Å². The number of rotatable bonds is 6. The first-order valence-electron chi connectivity index (χ1n) is 9.20. The number of halogens is 2. The minimum Gasteiger partial charge on any atom is -0.497 e. The molecular weight excluding hydrogens is 399 g/mol. The highest BCUT2D eigenvalue weighted by Crippen LogP contribution is 2.31. The number of benzene rings is 2. The van der Waals surface area contributed by atoms with Gasteiger partial charge in [0.05, 0.1) is 25.8 Å². The Balaban J connectivity index is 1.66. The van der Waals surface area contributed by atoms with Crippen molar-refractivity contribution in [2.75, 3.05) is 32.6 Å². The fourth-order valence-electron chi connectivity index (χ4n) is 3.46. The molecule has 3 rings (SSSR count). The number of hydrogen-bond acceptors (Lipinski definition) is 4. The van der Waals surface area contributed by atoms with Crippen LogP contribution in [0.5, 0.6) is 11.5 Å². The molecule has 1 unspecified atom stereocenters. The Labute approximate surface area is 175 Å². The van der Waals surface area contributed by atoms with E-state index in [1.165, 1.54) is 0 Å². The molecule has 0 radical (unpaired) electrons. The molecule has 1 aliphatic heterocycles. The molecule has 5 nitrogen and oxygen atoms in total. The Morgan fingerprint density at radius 3 is 2.61 bits per heavy atom. The van der Waals surface area contributed by atoms with Crippen LogP contribution < -0.4 is 14.8 Å². The third-order valence-electron chi connectivity index (χ3n) is 4.99. The van der Waals surface area contributed by atoms with E-state index in [0.717, 1.165) is 24.9 Å². The molecule has 2 aromatic rings. The summed E-state index contributed by atoms with van der Waals surface area (Å²) < 4.78 is 10.6. The molecular formula is C21H24Cl2N2O3. The summed E-state index contributed by atoms with van der Waals surface area (Å²) >= 11 is 12.6. The average Bonchev–Trinajstić information content (AvgIpc) is 2.71. The van der Waals surface area contributed by atoms with Gasteiger partial charge in [-0.1, -0.05) is 29.3 Å². The molecule has 1 atom stereocenters. The molecule has 1 heterocycles. The van der Waals surface area contributed by atoms with Gasteiger partial charge in [0, 0.05) is 34.8 Å². The minimum absolute atomic E-state index is 0.0153. The molecule has 1 fully saturated rings. The van der Waals surface area contributed by atoms with Gasteiger partial charge in [-0.15, -0.1) is 0 Å². The van der Waals surface area contributed by atoms with E-state index in [1.807, 2.05) is 18.2 Å². The third-order valence-corrected chi connectivity index (χ3v) is 5.69. The Bertz CT molecular complexity index is 824. The van der Waals surface area contributed by atoms with Crippen molar-refractivity contribution in [3.05, 3.63) is 52.0 Å². The number of nitrogens with zero attached hydrogens (tertiary/aromatic N) is 1. The van der Waals surface area contributed by atoms with Crippen LogP contribution >= 0.6 is 23.2 Å². The number of piperidine rings is 1. The SMILES string of the molecule is COc1ccc(NC(=O)C2CCCN(Cc3c(Cl)cccc3Cl)C2)c(OC)c1. The molecule has 1 amide bonds. The maximum atomic E-state index is 12.8. The number of carbonyl (C=O) groups is 1. The second-order valence-corrected chi connectivity index (χ2v) is 7.64. The zero-order valence-corrected chi connectivity index (χ0v) is 17.5. The van der Waals surface area contributed by atoms with E-state index < -0.39 is 0 Å². The summed E-state index contributed by atoms with van der Waals surface area (Å²) in [6.45, 7) is 2.21. The maximum Gasteiger partial charge on any atom is 0.228 e. The van der Waals surface area contributed by atoms with Gasteiger partial charge in [0.1, 0.15) is 11.5 Å². The van der Waals surface area contributed by atoms with Crippen molar-refractivity contribution in [3.8, 4) is 11.5 Å². The number of amides is 1. The molecule has 0 aromatic heterocycles. The van der Waals surface area contributed by atoms with E-state index in [0.29, 0.717) is 40.3 Å². The summed E-state index contributed by atoms with van der Waals surface area (Å²) in [5.74, 6) is 1.12. The summed E-state index contributed by atoms with van der Waals surface area (Å²) in [5.41, 5.74) is 1.54. The smallest absolute Gasteiger partial charge is 0.228 e. The summed E-state index contributed by atoms with van der Waals surface area (Å²) in [6, 6.07) is 10.9. The molecule has 28 heavy (non-hydrogen) atoms. The van der Waals surface area contributed by atoms with Gasteiger partial charge < -0.3 is 14.8 Å². The van der Waals surface area contributed by atoms with Crippen LogP contribution in [-0.4, -0.2) is 38.1 Å². The maximum absolute atomic E-state index is 12.8. The van der Waals surface area contributed by atoms with Crippen LogP contribution in [0.4, 0.5) is 5.69 Å². The standard InChI is InChI=1S/C21H24Cl2N2O3/c1-27-15-8-9-19(20(11-15)28-2)24-21(26)14-5-4-10-25(12-14)13-16-17(22)6-3-7-18(16)23/h3,6-9,11,14H,4-5,10,12-13H2,1-2H3,(H,24,26). The molecule has 1 aliphatic rings. The number of methoxy groups -OCH3 is 2. The van der Waals surface area contributed by atoms with Crippen molar-refractivity contribution < 1.29 is 14.3 Å². The summed E-state index contributed by atoms with van der Waals surface area (Å²) in [5, 5.41) is 4.30. The quantitative estimate of drug-likeness (QED) is 0.721. The van der Waals surface area contributed by atoms with Crippen molar-refractivity contribution in [1.29, 1.82) is 0 Å². The Morgan fingerprint density at radius 2 is 1.93 bits per heavy atom. The number of likely N-dealkylation sites (tertiary alicyclic amines) is 1. The fourth-order valence-corrected chi connectivity index (χ4v) is 3.97. The van der Waals surface area contributed by atoms with Gasteiger partial charge in [0.25, 0.3) is 0 Å². The molecule has 150 valence electrons. The summed E-state index contributed by atoms with van der Waals surface area (Å²) in [6.07, 6.45) is 1.79. The van der Waals surface area contributed by atoms with Crippen molar-refractivity contribution in [2.24, 2.45) is 5.92 Å². The molecule has 1 N–H and O–H groups in total. The van der Waals surface area contributed by atoms with E-state index in [-0.39, 0.29) is 11.8 Å². The zero-order chi connectivity index (χ0) is 20.1. The van der Waals surface area contributed by atoms with Crippen molar-refractivity contribution >= 4 is 34.8 Å². The average molecular weight is 423 g/mol. The van der Waals surface area contributed by atoms with Gasteiger partial charge >= 0.3 is 0 Å². The lowest BCUT2D eigenvalue weighted by Gasteiger charge is -2.32. The van der Waals surface area contributed by atoms with Crippen LogP contribution in [0.15, 0.2) is 36.4 Å². The monoisotopic (exact) mass is 422 g/mol. The largest absolute Gasteiger partial charge is 0.497 e. The Morgan fingerprint density at radius 1 is 1.18 bits per heavy atom. The number of hydrogen-bond donors (Lipinski definition) is 1. The van der Waals surface area contributed by atoms with Gasteiger partial charge in [0.2, 0.25) is 5.91 Å². The second-order valence-electron chi connectivity index (χ2n) is 6.83. The highest BCUT2D eigenvalue weighted by atomic mass is 35.5. The lowest BCUT2D eigenvalue weighted by Crippen LogP contribution is -2.40. The normalized spacial score (nSPS) is 17.2. The van der Waals surface area contributed by atoms with Gasteiger partial charge in [-0.25, -0.2) is 0 Å². The highest BCUT2D eigenvalue weighted by molar-refractivity contribution is 6.35. The molecule has 7 heteroatoms. The van der Waals surface area contributed by atoms with Crippen molar-refractivity contribution in [2.45, 2.75) is 19.4 Å². The predicted molar refractivity (Wildman–Crippen MR) is 113 cm³/mol. The number of anilines is 1. The number of nitrogens with one attached hydrogen (secondary N) is 1. The zero-order valence-electron chi connectivity index (χ0n) is 16.0. The van der Waals surface area contributed by atoms with Crippen LogP contribution in [0, 0.1) is 5.92 Å². The van der Waals surface area contributed by atoms with Gasteiger partial charge in [-0.2, -0.15) is 0 Å². The van der Waals surface area contributed by atoms with Crippen molar-refractivity contribution in [1.82, 2.24) is 4.90 Å². The van der Waals surface area contributed by atoms with Gasteiger partial charge in [-0.05, 0) is 43.7 Å². The van der Waals surface area contributed by atoms with Crippen molar-refractivity contribution in [3.63, 3.8) is 0 Å². The first-order valence-corrected chi connectivity index (χ1v) is 9.95. The second kappa shape index (κ2) is 9.50. The molecule has 0 spiro atoms. The number of ether oxygens (including phenoxy) is 2. The molecule has 1 saturated heterocycles. The Hall–Kier alpha value is -1.95. The topological polar surface area (TPSA) is 50.8 Å². The predicted octanol–water partition coefficient (Wildman–Crippen LogP) is 4.86. The minimum atomic E-state index is -0.109. The summed E-state index contributed by atoms with van der Waals surface area (Å²) in [7, 11) is 3.16. The first kappa shape index (κ1) is 20.8. The lowest BCUT2D eigenvalue weighted by molar-refractivity contribution is -0.121. The Kier molecular flexibility index (Phi) is 7.05. The van der Waals surface area contributed by atoms with Crippen LogP contribution in [0.3, 0.4) is 0 Å². The molecule has 0 aliphatic carbocycles. The molecule has 0 saturated carbocycles. The fraction of sp³-hybridized carbons (Fsp3) is 0.381.